The first-order valence-corrected chi connectivity index (χ1v) is 8.76. The zero-order valence-corrected chi connectivity index (χ0v) is 13.1. The van der Waals surface area contributed by atoms with Crippen LogP contribution in [0.2, 0.25) is 0 Å². The number of aryl methyl sites for hydroxylation is 1. The van der Waals surface area contributed by atoms with Crippen molar-refractivity contribution in [2.75, 3.05) is 6.54 Å². The second kappa shape index (κ2) is 5.48. The van der Waals surface area contributed by atoms with Crippen LogP contribution >= 0.6 is 0 Å². The lowest BCUT2D eigenvalue weighted by Gasteiger charge is -2.05. The van der Waals surface area contributed by atoms with Crippen molar-refractivity contribution in [3.05, 3.63) is 65.5 Å². The van der Waals surface area contributed by atoms with Crippen molar-refractivity contribution in [2.45, 2.75) is 23.0 Å². The quantitative estimate of drug-likeness (QED) is 0.942. The smallest absolute Gasteiger partial charge is 0.182 e. The molecule has 0 heterocycles. The predicted octanol–water partition coefficient (Wildman–Crippen LogP) is 2.65. The van der Waals surface area contributed by atoms with Gasteiger partial charge in [0.1, 0.15) is 5.82 Å². The van der Waals surface area contributed by atoms with Crippen molar-refractivity contribution in [1.29, 1.82) is 0 Å². The molecule has 0 amide bonds. The fourth-order valence-corrected chi connectivity index (χ4v) is 5.31. The third-order valence-corrected chi connectivity index (χ3v) is 6.60. The van der Waals surface area contributed by atoms with Gasteiger partial charge in [-0.3, -0.25) is 0 Å². The third kappa shape index (κ3) is 2.55. The summed E-state index contributed by atoms with van der Waals surface area (Å²) < 4.78 is 39.0. The number of hydrogen-bond acceptors (Lipinski definition) is 3. The van der Waals surface area contributed by atoms with Crippen LogP contribution in [0.15, 0.2) is 53.4 Å². The first-order chi connectivity index (χ1) is 10.4. The Morgan fingerprint density at radius 3 is 2.41 bits per heavy atom. The highest BCUT2D eigenvalue weighted by molar-refractivity contribution is 7.92. The summed E-state index contributed by atoms with van der Waals surface area (Å²) in [7, 11) is -3.46. The molecule has 22 heavy (non-hydrogen) atoms. The SMILES string of the molecule is Cc1ccc(S(=O)(=O)[C@@H]2[C@H](CN)[C@H]2c2cccc(F)c2)cc1. The minimum absolute atomic E-state index is 0.159. The molecule has 2 aromatic rings. The van der Waals surface area contributed by atoms with Gasteiger partial charge < -0.3 is 5.73 Å². The van der Waals surface area contributed by atoms with Gasteiger partial charge >= 0.3 is 0 Å². The monoisotopic (exact) mass is 319 g/mol. The lowest BCUT2D eigenvalue weighted by atomic mass is 10.1. The second-order valence-corrected chi connectivity index (χ2v) is 7.91. The van der Waals surface area contributed by atoms with Gasteiger partial charge in [0.05, 0.1) is 10.1 Å². The van der Waals surface area contributed by atoms with E-state index in [-0.39, 0.29) is 24.2 Å². The number of rotatable bonds is 4. The zero-order valence-electron chi connectivity index (χ0n) is 12.2. The second-order valence-electron chi connectivity index (χ2n) is 5.80. The molecule has 2 aromatic carbocycles. The molecule has 3 atom stereocenters. The van der Waals surface area contributed by atoms with Crippen LogP contribution in [0.1, 0.15) is 17.0 Å². The Kier molecular flexibility index (Phi) is 3.78. The zero-order chi connectivity index (χ0) is 15.9. The van der Waals surface area contributed by atoms with Crippen molar-refractivity contribution < 1.29 is 12.8 Å². The van der Waals surface area contributed by atoms with Gasteiger partial charge in [-0.05, 0) is 49.2 Å². The Labute approximate surface area is 129 Å². The molecule has 0 aromatic heterocycles. The Bertz CT molecular complexity index is 787. The van der Waals surface area contributed by atoms with Crippen LogP contribution in [0.3, 0.4) is 0 Å². The standard InChI is InChI=1S/C17H18FNO2S/c1-11-5-7-14(8-6-11)22(20,21)17-15(10-19)16(17)12-3-2-4-13(18)9-12/h2-9,15-17H,10,19H2,1H3/t15-,16-,17-/m1/s1. The highest BCUT2D eigenvalue weighted by Crippen LogP contribution is 2.53. The molecule has 5 heteroatoms. The lowest BCUT2D eigenvalue weighted by Crippen LogP contribution is -2.13. The van der Waals surface area contributed by atoms with Crippen LogP contribution in [0, 0.1) is 18.7 Å². The summed E-state index contributed by atoms with van der Waals surface area (Å²) in [6.07, 6.45) is 0. The maximum Gasteiger partial charge on any atom is 0.182 e. The van der Waals surface area contributed by atoms with E-state index >= 15 is 0 Å². The fourth-order valence-electron chi connectivity index (χ4n) is 3.08. The first kappa shape index (κ1) is 15.2. The summed E-state index contributed by atoms with van der Waals surface area (Å²) >= 11 is 0. The van der Waals surface area contributed by atoms with Crippen molar-refractivity contribution in [3.63, 3.8) is 0 Å². The van der Waals surface area contributed by atoms with Crippen molar-refractivity contribution in [2.24, 2.45) is 11.7 Å². The lowest BCUT2D eigenvalue weighted by molar-refractivity contribution is 0.591. The largest absolute Gasteiger partial charge is 0.330 e. The van der Waals surface area contributed by atoms with E-state index in [1.165, 1.54) is 12.1 Å². The number of sulfone groups is 1. The molecule has 0 radical (unpaired) electrons. The van der Waals surface area contributed by atoms with E-state index in [1.807, 2.05) is 6.92 Å². The molecule has 0 aliphatic heterocycles. The maximum absolute atomic E-state index is 13.4. The highest BCUT2D eigenvalue weighted by Gasteiger charge is 2.58. The van der Waals surface area contributed by atoms with Gasteiger partial charge in [-0.15, -0.1) is 0 Å². The van der Waals surface area contributed by atoms with Crippen molar-refractivity contribution in [1.82, 2.24) is 0 Å². The number of benzene rings is 2. The molecule has 0 bridgehead atoms. The molecule has 1 fully saturated rings. The van der Waals surface area contributed by atoms with E-state index in [2.05, 4.69) is 0 Å². The van der Waals surface area contributed by atoms with Gasteiger partial charge in [-0.2, -0.15) is 0 Å². The molecule has 0 unspecified atom stereocenters. The Morgan fingerprint density at radius 1 is 1.14 bits per heavy atom. The van der Waals surface area contributed by atoms with E-state index in [9.17, 15) is 12.8 Å². The summed E-state index contributed by atoms with van der Waals surface area (Å²) in [6, 6.07) is 12.9. The summed E-state index contributed by atoms with van der Waals surface area (Å²) in [6.45, 7) is 2.18. The summed E-state index contributed by atoms with van der Waals surface area (Å²) in [5.41, 5.74) is 7.44. The molecular formula is C17H18FNO2S. The van der Waals surface area contributed by atoms with E-state index in [4.69, 9.17) is 5.73 Å². The van der Waals surface area contributed by atoms with Gasteiger partial charge in [0.25, 0.3) is 0 Å². The van der Waals surface area contributed by atoms with E-state index in [0.717, 1.165) is 5.56 Å². The molecule has 3 nitrogen and oxygen atoms in total. The van der Waals surface area contributed by atoms with Crippen LogP contribution in [0.25, 0.3) is 0 Å². The van der Waals surface area contributed by atoms with Crippen molar-refractivity contribution >= 4 is 9.84 Å². The predicted molar refractivity (Wildman–Crippen MR) is 83.8 cm³/mol. The molecule has 2 N–H and O–H groups in total. The average Bonchev–Trinajstić information content (AvgIpc) is 3.23. The molecule has 116 valence electrons. The summed E-state index contributed by atoms with van der Waals surface area (Å²) in [4.78, 5) is 0.306. The van der Waals surface area contributed by atoms with Gasteiger partial charge in [0, 0.05) is 5.92 Å². The van der Waals surface area contributed by atoms with E-state index in [1.54, 1.807) is 36.4 Å². The topological polar surface area (TPSA) is 60.2 Å². The van der Waals surface area contributed by atoms with Gasteiger partial charge in [0.2, 0.25) is 0 Å². The van der Waals surface area contributed by atoms with Crippen molar-refractivity contribution in [3.8, 4) is 0 Å². The summed E-state index contributed by atoms with van der Waals surface area (Å²) in [5.74, 6) is -0.744. The Balaban J connectivity index is 1.95. The van der Waals surface area contributed by atoms with E-state index in [0.29, 0.717) is 10.5 Å². The van der Waals surface area contributed by atoms with Gasteiger partial charge in [-0.25, -0.2) is 12.8 Å². The van der Waals surface area contributed by atoms with Gasteiger partial charge in [0.15, 0.2) is 9.84 Å². The molecule has 0 saturated heterocycles. The van der Waals surface area contributed by atoms with Crippen LogP contribution in [0.4, 0.5) is 4.39 Å². The Morgan fingerprint density at radius 2 is 1.82 bits per heavy atom. The number of nitrogens with two attached hydrogens (primary N) is 1. The number of hydrogen-bond donors (Lipinski definition) is 1. The maximum atomic E-state index is 13.4. The number of halogens is 1. The first-order valence-electron chi connectivity index (χ1n) is 7.21. The Hall–Kier alpha value is -1.72. The minimum Gasteiger partial charge on any atom is -0.330 e. The fraction of sp³-hybridized carbons (Fsp3) is 0.294. The van der Waals surface area contributed by atoms with Crippen LogP contribution in [0.5, 0.6) is 0 Å². The molecular weight excluding hydrogens is 301 g/mol. The average molecular weight is 319 g/mol. The molecule has 1 aliphatic carbocycles. The third-order valence-electron chi connectivity index (χ3n) is 4.31. The van der Waals surface area contributed by atoms with Crippen LogP contribution in [-0.2, 0) is 9.84 Å². The molecule has 1 aliphatic rings. The molecule has 0 spiro atoms. The summed E-state index contributed by atoms with van der Waals surface area (Å²) in [5, 5.41) is -0.568. The normalized spacial score (nSPS) is 24.2. The van der Waals surface area contributed by atoms with Crippen LogP contribution < -0.4 is 5.73 Å². The highest BCUT2D eigenvalue weighted by atomic mass is 32.2. The molecule has 3 rings (SSSR count). The van der Waals surface area contributed by atoms with Crippen LogP contribution in [-0.4, -0.2) is 20.2 Å². The van der Waals surface area contributed by atoms with E-state index < -0.39 is 15.1 Å². The van der Waals surface area contributed by atoms with Gasteiger partial charge in [-0.1, -0.05) is 29.8 Å². The minimum atomic E-state index is -3.46. The molecule has 1 saturated carbocycles.